The van der Waals surface area contributed by atoms with Gasteiger partial charge in [0.15, 0.2) is 0 Å². The molecule has 0 aliphatic carbocycles. The summed E-state index contributed by atoms with van der Waals surface area (Å²) in [6.45, 7) is 5.88. The van der Waals surface area contributed by atoms with Crippen molar-refractivity contribution in [3.8, 4) is 5.75 Å². The van der Waals surface area contributed by atoms with Gasteiger partial charge in [0.1, 0.15) is 11.8 Å². The lowest BCUT2D eigenvalue weighted by Crippen LogP contribution is -2.27. The number of ether oxygens (including phenoxy) is 1. The molecule has 3 N–H and O–H groups in total. The molecule has 112 valence electrons. The fourth-order valence-electron chi connectivity index (χ4n) is 1.93. The predicted molar refractivity (Wildman–Crippen MR) is 86.8 cm³/mol. The van der Waals surface area contributed by atoms with Gasteiger partial charge < -0.3 is 15.8 Å². The van der Waals surface area contributed by atoms with Crippen molar-refractivity contribution in [1.82, 2.24) is 0 Å². The Bertz CT molecular complexity index is 609. The smallest absolute Gasteiger partial charge is 0.246 e. The molecule has 1 aromatic carbocycles. The van der Waals surface area contributed by atoms with E-state index >= 15 is 0 Å². The Kier molecular flexibility index (Phi) is 4.98. The van der Waals surface area contributed by atoms with Crippen LogP contribution in [0.4, 0.5) is 5.69 Å². The van der Waals surface area contributed by atoms with E-state index in [2.05, 4.69) is 5.32 Å². The lowest BCUT2D eigenvalue weighted by Gasteiger charge is -2.15. The molecule has 0 aliphatic heterocycles. The van der Waals surface area contributed by atoms with E-state index in [0.29, 0.717) is 0 Å². The minimum absolute atomic E-state index is 0.122. The van der Waals surface area contributed by atoms with Gasteiger partial charge in [-0.3, -0.25) is 4.79 Å². The van der Waals surface area contributed by atoms with Crippen LogP contribution in [0.2, 0.25) is 0 Å². The van der Waals surface area contributed by atoms with Gasteiger partial charge in [-0.1, -0.05) is 6.07 Å². The molecule has 2 rings (SSSR count). The molecule has 21 heavy (non-hydrogen) atoms. The highest BCUT2D eigenvalue weighted by Gasteiger charge is 2.17. The van der Waals surface area contributed by atoms with Crippen molar-refractivity contribution >= 4 is 22.9 Å². The number of anilines is 1. The van der Waals surface area contributed by atoms with Crippen molar-refractivity contribution < 1.29 is 9.53 Å². The average Bonchev–Trinajstić information content (AvgIpc) is 2.94. The molecule has 4 nitrogen and oxygen atoms in total. The molecular formula is C16H20N2O2S. The summed E-state index contributed by atoms with van der Waals surface area (Å²) in [6.07, 6.45) is 0.122. The van der Waals surface area contributed by atoms with Gasteiger partial charge in [-0.25, -0.2) is 0 Å². The van der Waals surface area contributed by atoms with Crippen molar-refractivity contribution in [3.05, 3.63) is 46.2 Å². The Balaban J connectivity index is 2.07. The van der Waals surface area contributed by atoms with Crippen molar-refractivity contribution in [2.45, 2.75) is 32.9 Å². The van der Waals surface area contributed by atoms with Crippen LogP contribution in [0.15, 0.2) is 35.7 Å². The second-order valence-electron chi connectivity index (χ2n) is 5.13. The number of nitrogens with one attached hydrogen (secondary N) is 1. The molecule has 0 saturated carbocycles. The SMILES string of the molecule is Cc1cc(OC(C)C)ccc1NC(=O)C(N)c1cccs1. The standard InChI is InChI=1S/C16H20N2O2S/c1-10(2)20-12-6-7-13(11(3)9-12)18-16(19)15(17)14-5-4-8-21-14/h4-10,15H,17H2,1-3H3,(H,18,19). The summed E-state index contributed by atoms with van der Waals surface area (Å²) in [5.74, 6) is 0.584. The number of hydrogen-bond donors (Lipinski definition) is 2. The van der Waals surface area contributed by atoms with E-state index in [-0.39, 0.29) is 12.0 Å². The zero-order valence-corrected chi connectivity index (χ0v) is 13.2. The van der Waals surface area contributed by atoms with E-state index in [1.807, 2.05) is 56.5 Å². The highest BCUT2D eigenvalue weighted by atomic mass is 32.1. The first kappa shape index (κ1) is 15.5. The molecule has 0 saturated heterocycles. The van der Waals surface area contributed by atoms with E-state index in [1.54, 1.807) is 0 Å². The molecule has 1 heterocycles. The average molecular weight is 304 g/mol. The molecule has 2 aromatic rings. The molecule has 0 fully saturated rings. The fraction of sp³-hybridized carbons (Fsp3) is 0.312. The van der Waals surface area contributed by atoms with Crippen LogP contribution < -0.4 is 15.8 Å². The molecule has 0 bridgehead atoms. The maximum Gasteiger partial charge on any atom is 0.246 e. The topological polar surface area (TPSA) is 64.3 Å². The number of nitrogens with two attached hydrogens (primary N) is 1. The van der Waals surface area contributed by atoms with Crippen molar-refractivity contribution in [2.24, 2.45) is 5.73 Å². The first-order valence-electron chi connectivity index (χ1n) is 6.84. The first-order valence-corrected chi connectivity index (χ1v) is 7.72. The Labute approximate surface area is 128 Å². The van der Waals surface area contributed by atoms with E-state index in [0.717, 1.165) is 21.9 Å². The van der Waals surface area contributed by atoms with Crippen LogP contribution in [-0.4, -0.2) is 12.0 Å². The molecule has 0 spiro atoms. The van der Waals surface area contributed by atoms with Crippen LogP contribution >= 0.6 is 11.3 Å². The number of amides is 1. The summed E-state index contributed by atoms with van der Waals surface area (Å²) in [5.41, 5.74) is 7.65. The minimum atomic E-state index is -0.643. The number of aryl methyl sites for hydroxylation is 1. The van der Waals surface area contributed by atoms with Gasteiger partial charge >= 0.3 is 0 Å². The monoisotopic (exact) mass is 304 g/mol. The van der Waals surface area contributed by atoms with Crippen molar-refractivity contribution in [1.29, 1.82) is 0 Å². The van der Waals surface area contributed by atoms with Crippen LogP contribution in [0.5, 0.6) is 5.75 Å². The third-order valence-electron chi connectivity index (χ3n) is 2.96. The highest BCUT2D eigenvalue weighted by Crippen LogP contribution is 2.24. The van der Waals surface area contributed by atoms with Gasteiger partial charge in [-0.2, -0.15) is 0 Å². The Morgan fingerprint density at radius 1 is 1.33 bits per heavy atom. The Morgan fingerprint density at radius 3 is 2.67 bits per heavy atom. The van der Waals surface area contributed by atoms with E-state index in [4.69, 9.17) is 10.5 Å². The molecule has 1 aromatic heterocycles. The van der Waals surface area contributed by atoms with E-state index in [9.17, 15) is 4.79 Å². The molecule has 1 atom stereocenters. The number of thiophene rings is 1. The van der Waals surface area contributed by atoms with Crippen LogP contribution in [0.3, 0.4) is 0 Å². The van der Waals surface area contributed by atoms with Gasteiger partial charge in [-0.05, 0) is 56.0 Å². The van der Waals surface area contributed by atoms with E-state index in [1.165, 1.54) is 11.3 Å². The molecule has 1 amide bonds. The quantitative estimate of drug-likeness (QED) is 0.889. The third kappa shape index (κ3) is 4.06. The van der Waals surface area contributed by atoms with Crippen LogP contribution in [0.25, 0.3) is 0 Å². The number of carbonyl (C=O) groups is 1. The van der Waals surface area contributed by atoms with Crippen molar-refractivity contribution in [2.75, 3.05) is 5.32 Å². The number of hydrogen-bond acceptors (Lipinski definition) is 4. The van der Waals surface area contributed by atoms with Gasteiger partial charge in [-0.15, -0.1) is 11.3 Å². The maximum atomic E-state index is 12.2. The summed E-state index contributed by atoms with van der Waals surface area (Å²) in [7, 11) is 0. The van der Waals surface area contributed by atoms with Crippen molar-refractivity contribution in [3.63, 3.8) is 0 Å². The summed E-state index contributed by atoms with van der Waals surface area (Å²) in [5, 5.41) is 4.77. The second kappa shape index (κ2) is 6.74. The van der Waals surface area contributed by atoms with Gasteiger partial charge in [0, 0.05) is 10.6 Å². The number of carbonyl (C=O) groups excluding carboxylic acids is 1. The molecule has 1 unspecified atom stereocenters. The zero-order valence-electron chi connectivity index (χ0n) is 12.4. The summed E-state index contributed by atoms with van der Waals surface area (Å²) < 4.78 is 5.63. The third-order valence-corrected chi connectivity index (χ3v) is 3.92. The van der Waals surface area contributed by atoms with Gasteiger partial charge in [0.25, 0.3) is 0 Å². The lowest BCUT2D eigenvalue weighted by molar-refractivity contribution is -0.117. The van der Waals surface area contributed by atoms with Gasteiger partial charge in [0.05, 0.1) is 6.10 Å². The number of rotatable bonds is 5. The number of benzene rings is 1. The zero-order chi connectivity index (χ0) is 15.4. The summed E-state index contributed by atoms with van der Waals surface area (Å²) in [4.78, 5) is 13.0. The lowest BCUT2D eigenvalue weighted by atomic mass is 10.1. The maximum absolute atomic E-state index is 12.2. The molecule has 0 radical (unpaired) electrons. The summed E-state index contributed by atoms with van der Waals surface area (Å²) in [6, 6.07) is 8.70. The first-order chi connectivity index (χ1) is 9.97. The Morgan fingerprint density at radius 2 is 2.10 bits per heavy atom. The van der Waals surface area contributed by atoms with Crippen LogP contribution in [0.1, 0.15) is 30.3 Å². The fourth-order valence-corrected chi connectivity index (χ4v) is 2.65. The molecule has 0 aliphatic rings. The predicted octanol–water partition coefficient (Wildman–Crippen LogP) is 3.48. The van der Waals surface area contributed by atoms with Crippen LogP contribution in [0, 0.1) is 6.92 Å². The van der Waals surface area contributed by atoms with Gasteiger partial charge in [0.2, 0.25) is 5.91 Å². The second-order valence-corrected chi connectivity index (χ2v) is 6.10. The minimum Gasteiger partial charge on any atom is -0.491 e. The molecular weight excluding hydrogens is 284 g/mol. The largest absolute Gasteiger partial charge is 0.491 e. The summed E-state index contributed by atoms with van der Waals surface area (Å²) >= 11 is 1.48. The molecule has 5 heteroatoms. The van der Waals surface area contributed by atoms with Crippen LogP contribution in [-0.2, 0) is 4.79 Å². The van der Waals surface area contributed by atoms with E-state index < -0.39 is 6.04 Å². The highest BCUT2D eigenvalue weighted by molar-refractivity contribution is 7.10. The Hall–Kier alpha value is -1.85. The normalized spacial score (nSPS) is 12.2.